The molecule has 0 aliphatic rings. The van der Waals surface area contributed by atoms with Gasteiger partial charge in [-0.25, -0.2) is 4.79 Å². The fourth-order valence-corrected chi connectivity index (χ4v) is 1.92. The van der Waals surface area contributed by atoms with Crippen molar-refractivity contribution >= 4 is 17.3 Å². The minimum Gasteiger partial charge on any atom is -0.494 e. The number of nitro groups is 1. The van der Waals surface area contributed by atoms with Crippen LogP contribution in [0.25, 0.3) is 0 Å². The van der Waals surface area contributed by atoms with Crippen LogP contribution in [0, 0.1) is 16.0 Å². The van der Waals surface area contributed by atoms with E-state index >= 15 is 0 Å². The number of aliphatic carboxylic acids is 1. The molecular formula is C14H20N2O5. The van der Waals surface area contributed by atoms with Crippen molar-refractivity contribution in [2.45, 2.75) is 33.2 Å². The van der Waals surface area contributed by atoms with Crippen LogP contribution in [0.1, 0.15) is 27.2 Å². The van der Waals surface area contributed by atoms with Crippen LogP contribution in [0.5, 0.6) is 5.75 Å². The van der Waals surface area contributed by atoms with Crippen molar-refractivity contribution in [3.05, 3.63) is 28.3 Å². The fourth-order valence-electron chi connectivity index (χ4n) is 1.92. The summed E-state index contributed by atoms with van der Waals surface area (Å²) in [5.41, 5.74) is 0.220. The Kier molecular flexibility index (Phi) is 5.95. The molecule has 1 aromatic carbocycles. The monoisotopic (exact) mass is 296 g/mol. The lowest BCUT2D eigenvalue weighted by atomic mass is 10.0. The van der Waals surface area contributed by atoms with E-state index in [9.17, 15) is 20.0 Å². The molecule has 0 aliphatic heterocycles. The number of carboxylic acid groups (broad SMARTS) is 1. The van der Waals surface area contributed by atoms with Crippen molar-refractivity contribution in [3.8, 4) is 5.75 Å². The molecule has 0 bridgehead atoms. The molecule has 0 spiro atoms. The summed E-state index contributed by atoms with van der Waals surface area (Å²) in [6.45, 7) is 5.97. The molecule has 0 saturated heterocycles. The van der Waals surface area contributed by atoms with E-state index in [0.29, 0.717) is 24.5 Å². The Morgan fingerprint density at radius 2 is 2.10 bits per heavy atom. The van der Waals surface area contributed by atoms with Gasteiger partial charge in [0.25, 0.3) is 5.69 Å². The molecule has 116 valence electrons. The first-order valence-corrected chi connectivity index (χ1v) is 6.75. The first-order valence-electron chi connectivity index (χ1n) is 6.75. The van der Waals surface area contributed by atoms with Gasteiger partial charge in [-0.2, -0.15) is 0 Å². The van der Waals surface area contributed by atoms with E-state index in [4.69, 9.17) is 4.74 Å². The average molecular weight is 296 g/mol. The summed E-state index contributed by atoms with van der Waals surface area (Å²) in [4.78, 5) is 21.6. The summed E-state index contributed by atoms with van der Waals surface area (Å²) in [5, 5.41) is 22.9. The van der Waals surface area contributed by atoms with Gasteiger partial charge in [0.1, 0.15) is 11.8 Å². The molecule has 1 unspecified atom stereocenters. The number of ether oxygens (including phenoxy) is 1. The zero-order valence-corrected chi connectivity index (χ0v) is 12.3. The molecule has 0 saturated carbocycles. The SMILES string of the molecule is CCOc1cc(NC(CC(C)C)C(=O)O)cc([N+](=O)[O-])c1. The lowest BCUT2D eigenvalue weighted by molar-refractivity contribution is -0.384. The van der Waals surface area contributed by atoms with Crippen molar-refractivity contribution < 1.29 is 19.6 Å². The van der Waals surface area contributed by atoms with E-state index in [1.807, 2.05) is 13.8 Å². The summed E-state index contributed by atoms with van der Waals surface area (Å²) in [7, 11) is 0. The van der Waals surface area contributed by atoms with Gasteiger partial charge in [0.15, 0.2) is 0 Å². The van der Waals surface area contributed by atoms with E-state index in [0.717, 1.165) is 0 Å². The van der Waals surface area contributed by atoms with Crippen molar-refractivity contribution in [2.75, 3.05) is 11.9 Å². The smallest absolute Gasteiger partial charge is 0.326 e. The number of non-ortho nitro benzene ring substituents is 1. The fraction of sp³-hybridized carbons (Fsp3) is 0.500. The third kappa shape index (κ3) is 5.29. The minimum atomic E-state index is -0.992. The number of carboxylic acids is 1. The number of benzene rings is 1. The van der Waals surface area contributed by atoms with E-state index in [1.54, 1.807) is 13.0 Å². The zero-order chi connectivity index (χ0) is 16.0. The summed E-state index contributed by atoms with van der Waals surface area (Å²) >= 11 is 0. The van der Waals surface area contributed by atoms with Crippen molar-refractivity contribution in [3.63, 3.8) is 0 Å². The van der Waals surface area contributed by atoms with Crippen LogP contribution < -0.4 is 10.1 Å². The summed E-state index contributed by atoms with van der Waals surface area (Å²) < 4.78 is 5.27. The van der Waals surface area contributed by atoms with Crippen molar-refractivity contribution in [1.29, 1.82) is 0 Å². The highest BCUT2D eigenvalue weighted by molar-refractivity contribution is 5.77. The summed E-state index contributed by atoms with van der Waals surface area (Å²) in [6.07, 6.45) is 0.419. The zero-order valence-electron chi connectivity index (χ0n) is 12.3. The minimum absolute atomic E-state index is 0.142. The quantitative estimate of drug-likeness (QED) is 0.565. The molecule has 0 heterocycles. The Morgan fingerprint density at radius 1 is 1.43 bits per heavy atom. The predicted molar refractivity (Wildman–Crippen MR) is 78.8 cm³/mol. The Hall–Kier alpha value is -2.31. The number of anilines is 1. The molecule has 0 radical (unpaired) electrons. The van der Waals surface area contributed by atoms with Gasteiger partial charge in [0.2, 0.25) is 0 Å². The van der Waals surface area contributed by atoms with Crippen LogP contribution in [0.4, 0.5) is 11.4 Å². The largest absolute Gasteiger partial charge is 0.494 e. The van der Waals surface area contributed by atoms with Gasteiger partial charge in [-0.1, -0.05) is 13.8 Å². The highest BCUT2D eigenvalue weighted by Crippen LogP contribution is 2.27. The lowest BCUT2D eigenvalue weighted by Gasteiger charge is -2.18. The molecule has 0 fully saturated rings. The number of rotatable bonds is 8. The number of carbonyl (C=O) groups is 1. The molecule has 0 amide bonds. The number of nitrogens with zero attached hydrogens (tertiary/aromatic N) is 1. The maximum Gasteiger partial charge on any atom is 0.326 e. The molecule has 7 nitrogen and oxygen atoms in total. The predicted octanol–water partition coefficient (Wildman–Crippen LogP) is 2.90. The summed E-state index contributed by atoms with van der Waals surface area (Å²) in [6, 6.07) is 3.37. The molecule has 1 aromatic rings. The van der Waals surface area contributed by atoms with Gasteiger partial charge >= 0.3 is 5.97 Å². The molecule has 21 heavy (non-hydrogen) atoms. The first-order chi connectivity index (χ1) is 9.83. The number of nitro benzene ring substituents is 1. The Labute approximate surface area is 123 Å². The highest BCUT2D eigenvalue weighted by Gasteiger charge is 2.20. The molecule has 1 atom stereocenters. The molecule has 0 aromatic heterocycles. The second-order valence-electron chi connectivity index (χ2n) is 5.07. The summed E-state index contributed by atoms with van der Waals surface area (Å²) in [5.74, 6) is -0.472. The number of nitrogens with one attached hydrogen (secondary N) is 1. The first kappa shape index (κ1) is 16.7. The van der Waals surface area contributed by atoms with Gasteiger partial charge in [-0.15, -0.1) is 0 Å². The topological polar surface area (TPSA) is 102 Å². The molecular weight excluding hydrogens is 276 g/mol. The lowest BCUT2D eigenvalue weighted by Crippen LogP contribution is -2.30. The van der Waals surface area contributed by atoms with E-state index in [2.05, 4.69) is 5.32 Å². The van der Waals surface area contributed by atoms with Crippen LogP contribution in [0.2, 0.25) is 0 Å². The van der Waals surface area contributed by atoms with Crippen LogP contribution in [-0.4, -0.2) is 28.6 Å². The molecule has 7 heteroatoms. The standard InChI is InChI=1S/C14H20N2O5/c1-4-21-12-7-10(6-11(8-12)16(19)20)15-13(14(17)18)5-9(2)3/h6-9,13,15H,4-5H2,1-3H3,(H,17,18). The van der Waals surface area contributed by atoms with Crippen molar-refractivity contribution in [1.82, 2.24) is 0 Å². The van der Waals surface area contributed by atoms with Crippen molar-refractivity contribution in [2.24, 2.45) is 5.92 Å². The highest BCUT2D eigenvalue weighted by atomic mass is 16.6. The van der Waals surface area contributed by atoms with Gasteiger partial charge in [0.05, 0.1) is 17.6 Å². The third-order valence-electron chi connectivity index (χ3n) is 2.76. The van der Waals surface area contributed by atoms with Crippen LogP contribution in [0.3, 0.4) is 0 Å². The van der Waals surface area contributed by atoms with Gasteiger partial charge in [0, 0.05) is 17.8 Å². The number of hydrogen-bond donors (Lipinski definition) is 2. The van der Waals surface area contributed by atoms with Crippen LogP contribution in [-0.2, 0) is 4.79 Å². The molecule has 1 rings (SSSR count). The normalized spacial score (nSPS) is 12.0. The Bertz CT molecular complexity index is 516. The maximum atomic E-state index is 11.2. The van der Waals surface area contributed by atoms with Gasteiger partial charge < -0.3 is 15.2 Å². The van der Waals surface area contributed by atoms with E-state index in [-0.39, 0.29) is 11.6 Å². The van der Waals surface area contributed by atoms with Gasteiger partial charge in [-0.3, -0.25) is 10.1 Å². The average Bonchev–Trinajstić information content (AvgIpc) is 2.37. The molecule has 2 N–H and O–H groups in total. The second kappa shape index (κ2) is 7.47. The van der Waals surface area contributed by atoms with Gasteiger partial charge in [-0.05, 0) is 19.3 Å². The second-order valence-corrected chi connectivity index (χ2v) is 5.07. The Balaban J connectivity index is 3.04. The van der Waals surface area contributed by atoms with Crippen LogP contribution in [0.15, 0.2) is 18.2 Å². The number of hydrogen-bond acceptors (Lipinski definition) is 5. The molecule has 0 aliphatic carbocycles. The maximum absolute atomic E-state index is 11.2. The van der Waals surface area contributed by atoms with E-state index in [1.165, 1.54) is 12.1 Å². The van der Waals surface area contributed by atoms with E-state index < -0.39 is 16.9 Å². The third-order valence-corrected chi connectivity index (χ3v) is 2.76. The Morgan fingerprint density at radius 3 is 2.57 bits per heavy atom. The van der Waals surface area contributed by atoms with Crippen LogP contribution >= 0.6 is 0 Å².